The van der Waals surface area contributed by atoms with E-state index in [1.807, 2.05) is 19.1 Å². The minimum Gasteiger partial charge on any atom is -0.492 e. The summed E-state index contributed by atoms with van der Waals surface area (Å²) < 4.78 is 11.7. The summed E-state index contributed by atoms with van der Waals surface area (Å²) in [5, 5.41) is 3.31. The minimum atomic E-state index is 0.690. The van der Waals surface area contributed by atoms with Crippen LogP contribution < -0.4 is 10.1 Å². The molecule has 0 bridgehead atoms. The van der Waals surface area contributed by atoms with Crippen LogP contribution in [0.4, 0.5) is 0 Å². The highest BCUT2D eigenvalue weighted by Crippen LogP contribution is 2.21. The largest absolute Gasteiger partial charge is 0.492 e. The Hall–Kier alpha value is -0.580. The van der Waals surface area contributed by atoms with Crippen LogP contribution in [-0.4, -0.2) is 33.4 Å². The Morgan fingerprint density at radius 1 is 1.24 bits per heavy atom. The van der Waals surface area contributed by atoms with Gasteiger partial charge in [-0.15, -0.1) is 0 Å². The summed E-state index contributed by atoms with van der Waals surface area (Å²) in [5.41, 5.74) is 1.15. The zero-order valence-corrected chi connectivity index (χ0v) is 12.0. The van der Waals surface area contributed by atoms with Gasteiger partial charge in [-0.2, -0.15) is 0 Å². The van der Waals surface area contributed by atoms with Gasteiger partial charge in [-0.1, -0.05) is 15.9 Å². The van der Waals surface area contributed by atoms with Gasteiger partial charge in [-0.05, 0) is 43.7 Å². The molecule has 1 aromatic rings. The summed E-state index contributed by atoms with van der Waals surface area (Å²) in [5.74, 6) is 0.951. The van der Waals surface area contributed by atoms with Crippen molar-refractivity contribution < 1.29 is 9.47 Å². The second kappa shape index (κ2) is 8.50. The molecule has 0 aliphatic rings. The van der Waals surface area contributed by atoms with Gasteiger partial charge in [0.2, 0.25) is 0 Å². The predicted molar refractivity (Wildman–Crippen MR) is 73.7 cm³/mol. The molecule has 0 radical (unpaired) electrons. The lowest BCUT2D eigenvalue weighted by Gasteiger charge is -2.10. The van der Waals surface area contributed by atoms with Crippen LogP contribution in [0.1, 0.15) is 12.0 Å². The third-order valence-corrected chi connectivity index (χ3v) is 2.87. The van der Waals surface area contributed by atoms with E-state index in [1.165, 1.54) is 0 Å². The van der Waals surface area contributed by atoms with E-state index in [4.69, 9.17) is 9.47 Å². The Bertz CT molecular complexity index is 331. The van der Waals surface area contributed by atoms with Crippen LogP contribution in [-0.2, 0) is 4.74 Å². The minimum absolute atomic E-state index is 0.690. The quantitative estimate of drug-likeness (QED) is 0.749. The molecule has 0 saturated carbocycles. The van der Waals surface area contributed by atoms with Crippen molar-refractivity contribution in [3.8, 4) is 5.75 Å². The van der Waals surface area contributed by atoms with Gasteiger partial charge in [0.15, 0.2) is 0 Å². The molecule has 96 valence electrons. The van der Waals surface area contributed by atoms with Crippen molar-refractivity contribution >= 4 is 15.9 Å². The summed E-state index contributed by atoms with van der Waals surface area (Å²) >= 11 is 3.43. The van der Waals surface area contributed by atoms with Gasteiger partial charge in [0.1, 0.15) is 12.4 Å². The SMILES string of the molecule is COCCCNCCOc1ccc(Br)cc1C. The van der Waals surface area contributed by atoms with Crippen LogP contribution in [0.5, 0.6) is 5.75 Å². The van der Waals surface area contributed by atoms with E-state index in [-0.39, 0.29) is 0 Å². The fourth-order valence-corrected chi connectivity index (χ4v) is 1.95. The van der Waals surface area contributed by atoms with E-state index in [2.05, 4.69) is 27.3 Å². The molecular formula is C13H20BrNO2. The molecule has 4 heteroatoms. The van der Waals surface area contributed by atoms with E-state index >= 15 is 0 Å². The predicted octanol–water partition coefficient (Wildman–Crippen LogP) is 2.76. The van der Waals surface area contributed by atoms with E-state index in [0.717, 1.165) is 41.9 Å². The van der Waals surface area contributed by atoms with Crippen molar-refractivity contribution in [3.05, 3.63) is 28.2 Å². The molecule has 0 atom stereocenters. The van der Waals surface area contributed by atoms with Crippen molar-refractivity contribution in [1.82, 2.24) is 5.32 Å². The van der Waals surface area contributed by atoms with Gasteiger partial charge in [0.25, 0.3) is 0 Å². The summed E-state index contributed by atoms with van der Waals surface area (Å²) in [7, 11) is 1.72. The number of methoxy groups -OCH3 is 1. The monoisotopic (exact) mass is 301 g/mol. The topological polar surface area (TPSA) is 30.5 Å². The van der Waals surface area contributed by atoms with Gasteiger partial charge in [0, 0.05) is 24.7 Å². The molecule has 0 amide bonds. The fraction of sp³-hybridized carbons (Fsp3) is 0.538. The van der Waals surface area contributed by atoms with Gasteiger partial charge in [0.05, 0.1) is 0 Å². The van der Waals surface area contributed by atoms with Crippen molar-refractivity contribution in [2.45, 2.75) is 13.3 Å². The maximum Gasteiger partial charge on any atom is 0.122 e. The third-order valence-electron chi connectivity index (χ3n) is 2.38. The van der Waals surface area contributed by atoms with Crippen LogP contribution in [0, 0.1) is 6.92 Å². The lowest BCUT2D eigenvalue weighted by molar-refractivity contribution is 0.193. The zero-order chi connectivity index (χ0) is 12.5. The highest BCUT2D eigenvalue weighted by molar-refractivity contribution is 9.10. The highest BCUT2D eigenvalue weighted by Gasteiger charge is 1.99. The van der Waals surface area contributed by atoms with E-state index in [1.54, 1.807) is 7.11 Å². The highest BCUT2D eigenvalue weighted by atomic mass is 79.9. The smallest absolute Gasteiger partial charge is 0.122 e. The van der Waals surface area contributed by atoms with Gasteiger partial charge < -0.3 is 14.8 Å². The average Bonchev–Trinajstić information content (AvgIpc) is 2.30. The number of aryl methyl sites for hydroxylation is 1. The summed E-state index contributed by atoms with van der Waals surface area (Å²) in [6.45, 7) is 5.37. The molecular weight excluding hydrogens is 282 g/mol. The van der Waals surface area contributed by atoms with Crippen LogP contribution in [0.3, 0.4) is 0 Å². The second-order valence-corrected chi connectivity index (χ2v) is 4.77. The fourth-order valence-electron chi connectivity index (χ4n) is 1.47. The molecule has 0 aromatic heterocycles. The van der Waals surface area contributed by atoms with Crippen molar-refractivity contribution in [3.63, 3.8) is 0 Å². The number of ether oxygens (including phenoxy) is 2. The molecule has 0 aliphatic carbocycles. The van der Waals surface area contributed by atoms with Gasteiger partial charge >= 0.3 is 0 Å². The first-order valence-electron chi connectivity index (χ1n) is 5.82. The second-order valence-electron chi connectivity index (χ2n) is 3.85. The summed E-state index contributed by atoms with van der Waals surface area (Å²) in [4.78, 5) is 0. The molecule has 0 spiro atoms. The molecule has 1 aromatic carbocycles. The van der Waals surface area contributed by atoms with E-state index < -0.39 is 0 Å². The van der Waals surface area contributed by atoms with Crippen molar-refractivity contribution in [2.24, 2.45) is 0 Å². The number of halogens is 1. The van der Waals surface area contributed by atoms with E-state index in [0.29, 0.717) is 6.61 Å². The van der Waals surface area contributed by atoms with Gasteiger partial charge in [-0.25, -0.2) is 0 Å². The van der Waals surface area contributed by atoms with Crippen LogP contribution >= 0.6 is 15.9 Å². The molecule has 0 unspecified atom stereocenters. The van der Waals surface area contributed by atoms with Gasteiger partial charge in [-0.3, -0.25) is 0 Å². The molecule has 0 aliphatic heterocycles. The maximum atomic E-state index is 5.68. The normalized spacial score (nSPS) is 10.5. The lowest BCUT2D eigenvalue weighted by atomic mass is 10.2. The van der Waals surface area contributed by atoms with Crippen LogP contribution in [0.25, 0.3) is 0 Å². The summed E-state index contributed by atoms with van der Waals surface area (Å²) in [6.07, 6.45) is 1.04. The Morgan fingerprint density at radius 2 is 2.06 bits per heavy atom. The number of hydrogen-bond acceptors (Lipinski definition) is 3. The number of nitrogens with one attached hydrogen (secondary N) is 1. The summed E-state index contributed by atoms with van der Waals surface area (Å²) in [6, 6.07) is 6.04. The van der Waals surface area contributed by atoms with Crippen molar-refractivity contribution in [1.29, 1.82) is 0 Å². The van der Waals surface area contributed by atoms with Crippen LogP contribution in [0.2, 0.25) is 0 Å². The molecule has 3 nitrogen and oxygen atoms in total. The van der Waals surface area contributed by atoms with Crippen molar-refractivity contribution in [2.75, 3.05) is 33.4 Å². The Labute approximate surface area is 112 Å². The third kappa shape index (κ3) is 6.05. The first-order valence-corrected chi connectivity index (χ1v) is 6.62. The average molecular weight is 302 g/mol. The zero-order valence-electron chi connectivity index (χ0n) is 10.5. The standard InChI is InChI=1S/C13H20BrNO2/c1-11-10-12(14)4-5-13(11)17-9-7-15-6-3-8-16-2/h4-5,10,15H,3,6-9H2,1-2H3. The molecule has 17 heavy (non-hydrogen) atoms. The van der Waals surface area contributed by atoms with Crippen LogP contribution in [0.15, 0.2) is 22.7 Å². The number of hydrogen-bond donors (Lipinski definition) is 1. The lowest BCUT2D eigenvalue weighted by Crippen LogP contribution is -2.23. The molecule has 1 rings (SSSR count). The maximum absolute atomic E-state index is 5.68. The van der Waals surface area contributed by atoms with E-state index in [9.17, 15) is 0 Å². The Kier molecular flexibility index (Phi) is 7.24. The number of benzene rings is 1. The Balaban J connectivity index is 2.14. The molecule has 0 heterocycles. The molecule has 0 fully saturated rings. The first kappa shape index (κ1) is 14.5. The number of rotatable bonds is 8. The molecule has 1 N–H and O–H groups in total. The molecule has 0 saturated heterocycles. The Morgan fingerprint density at radius 3 is 2.76 bits per heavy atom. The first-order chi connectivity index (χ1) is 8.24.